The molecular weight excluding hydrogens is 222 g/mol. The number of hydrogen-bond donors (Lipinski definition) is 1. The Kier molecular flexibility index (Phi) is 7.59. The van der Waals surface area contributed by atoms with Crippen LogP contribution < -0.4 is 4.72 Å². The van der Waals surface area contributed by atoms with Crippen LogP contribution in [0.1, 0.15) is 33.1 Å². The third kappa shape index (κ3) is 7.59. The lowest BCUT2D eigenvalue weighted by Gasteiger charge is -2.11. The third-order valence-electron chi connectivity index (χ3n) is 2.02. The fraction of sp³-hybridized carbons (Fsp3) is 1.00. The first-order chi connectivity index (χ1) is 6.52. The first-order valence-electron chi connectivity index (χ1n) is 5.05. The Bertz CT molecular complexity index is 229. The van der Waals surface area contributed by atoms with Gasteiger partial charge in [-0.05, 0) is 18.8 Å². The summed E-state index contributed by atoms with van der Waals surface area (Å²) in [5.41, 5.74) is 0. The second-order valence-corrected chi connectivity index (χ2v) is 5.91. The zero-order valence-corrected chi connectivity index (χ0v) is 10.5. The van der Waals surface area contributed by atoms with Crippen LogP contribution in [0.5, 0.6) is 0 Å². The van der Waals surface area contributed by atoms with Crippen molar-refractivity contribution in [2.24, 2.45) is 5.92 Å². The van der Waals surface area contributed by atoms with E-state index in [4.69, 9.17) is 11.6 Å². The molecule has 0 aliphatic rings. The fourth-order valence-corrected chi connectivity index (χ4v) is 2.69. The summed E-state index contributed by atoms with van der Waals surface area (Å²) in [6.45, 7) is 4.47. The van der Waals surface area contributed by atoms with Crippen LogP contribution in [0.15, 0.2) is 0 Å². The molecule has 0 aromatic heterocycles. The molecule has 0 fully saturated rings. The fourth-order valence-electron chi connectivity index (χ4n) is 0.964. The van der Waals surface area contributed by atoms with Gasteiger partial charge in [-0.25, -0.2) is 13.1 Å². The summed E-state index contributed by atoms with van der Waals surface area (Å²) in [6, 6.07) is 0. The quantitative estimate of drug-likeness (QED) is 0.661. The van der Waals surface area contributed by atoms with Crippen LogP contribution in [0, 0.1) is 5.92 Å². The minimum absolute atomic E-state index is 0.233. The van der Waals surface area contributed by atoms with E-state index >= 15 is 0 Å². The van der Waals surface area contributed by atoms with Gasteiger partial charge in [0.2, 0.25) is 10.0 Å². The minimum Gasteiger partial charge on any atom is -0.215 e. The molecule has 0 spiro atoms. The van der Waals surface area contributed by atoms with E-state index in [1.807, 2.05) is 13.8 Å². The normalized spacial score (nSPS) is 14.2. The topological polar surface area (TPSA) is 46.2 Å². The van der Waals surface area contributed by atoms with Gasteiger partial charge in [-0.15, -0.1) is 11.6 Å². The minimum atomic E-state index is -3.05. The monoisotopic (exact) mass is 241 g/mol. The van der Waals surface area contributed by atoms with Gasteiger partial charge >= 0.3 is 0 Å². The Morgan fingerprint density at radius 1 is 1.43 bits per heavy atom. The number of alkyl halides is 1. The smallest absolute Gasteiger partial charge is 0.211 e. The van der Waals surface area contributed by atoms with Crippen LogP contribution in [0.25, 0.3) is 0 Å². The maximum absolute atomic E-state index is 11.4. The van der Waals surface area contributed by atoms with Crippen molar-refractivity contribution in [3.8, 4) is 0 Å². The van der Waals surface area contributed by atoms with Crippen molar-refractivity contribution in [2.75, 3.05) is 18.2 Å². The van der Waals surface area contributed by atoms with Crippen molar-refractivity contribution in [3.63, 3.8) is 0 Å². The van der Waals surface area contributed by atoms with Crippen LogP contribution in [0.2, 0.25) is 0 Å². The van der Waals surface area contributed by atoms with Gasteiger partial charge in [0.05, 0.1) is 5.75 Å². The first kappa shape index (κ1) is 14.2. The molecular formula is C9H20ClNO2S. The van der Waals surface area contributed by atoms with Crippen molar-refractivity contribution in [2.45, 2.75) is 33.1 Å². The predicted octanol–water partition coefficient (Wildman–Crippen LogP) is 1.97. The van der Waals surface area contributed by atoms with E-state index in [1.54, 1.807) is 0 Å². The molecule has 0 amide bonds. The summed E-state index contributed by atoms with van der Waals surface area (Å²) in [7, 11) is -3.05. The van der Waals surface area contributed by atoms with Crippen LogP contribution in [-0.2, 0) is 10.0 Å². The van der Waals surface area contributed by atoms with Gasteiger partial charge in [-0.3, -0.25) is 0 Å². The molecule has 14 heavy (non-hydrogen) atoms. The molecule has 0 radical (unpaired) electrons. The molecule has 0 aromatic rings. The van der Waals surface area contributed by atoms with Crippen molar-refractivity contribution < 1.29 is 8.42 Å². The molecule has 3 nitrogen and oxygen atoms in total. The Hall–Kier alpha value is 0.200. The second-order valence-electron chi connectivity index (χ2n) is 3.60. The van der Waals surface area contributed by atoms with Gasteiger partial charge in [0.15, 0.2) is 0 Å². The maximum atomic E-state index is 11.4. The highest BCUT2D eigenvalue weighted by molar-refractivity contribution is 7.89. The first-order valence-corrected chi connectivity index (χ1v) is 7.23. The molecule has 1 N–H and O–H groups in total. The van der Waals surface area contributed by atoms with E-state index in [2.05, 4.69) is 4.72 Å². The van der Waals surface area contributed by atoms with Gasteiger partial charge in [-0.1, -0.05) is 20.3 Å². The highest BCUT2D eigenvalue weighted by atomic mass is 35.5. The number of nitrogens with one attached hydrogen (secondary N) is 1. The average molecular weight is 242 g/mol. The second kappa shape index (κ2) is 7.49. The largest absolute Gasteiger partial charge is 0.215 e. The van der Waals surface area contributed by atoms with E-state index in [9.17, 15) is 8.42 Å². The lowest BCUT2D eigenvalue weighted by atomic mass is 10.1. The summed E-state index contributed by atoms with van der Waals surface area (Å²) >= 11 is 5.55. The highest BCUT2D eigenvalue weighted by Gasteiger charge is 2.10. The van der Waals surface area contributed by atoms with Crippen LogP contribution in [0.4, 0.5) is 0 Å². The summed E-state index contributed by atoms with van der Waals surface area (Å²) in [5, 5.41) is 0. The number of halogens is 1. The summed E-state index contributed by atoms with van der Waals surface area (Å²) in [4.78, 5) is 0. The molecule has 0 rings (SSSR count). The SMILES string of the molecule is CCCCS(=O)(=O)NCC(C)CCCl. The molecule has 0 aromatic carbocycles. The molecule has 1 unspecified atom stereocenters. The van der Waals surface area contributed by atoms with E-state index in [1.165, 1.54) is 0 Å². The molecule has 0 saturated heterocycles. The highest BCUT2D eigenvalue weighted by Crippen LogP contribution is 2.02. The number of unbranched alkanes of at least 4 members (excludes halogenated alkanes) is 1. The number of sulfonamides is 1. The Morgan fingerprint density at radius 3 is 2.57 bits per heavy atom. The van der Waals surface area contributed by atoms with Crippen molar-refractivity contribution in [1.29, 1.82) is 0 Å². The summed E-state index contributed by atoms with van der Waals surface area (Å²) in [6.07, 6.45) is 2.47. The van der Waals surface area contributed by atoms with Gasteiger partial charge in [0.25, 0.3) is 0 Å². The Morgan fingerprint density at radius 2 is 2.07 bits per heavy atom. The maximum Gasteiger partial charge on any atom is 0.211 e. The van der Waals surface area contributed by atoms with Crippen LogP contribution in [-0.4, -0.2) is 26.6 Å². The van der Waals surface area contributed by atoms with Gasteiger partial charge in [0.1, 0.15) is 0 Å². The lowest BCUT2D eigenvalue weighted by Crippen LogP contribution is -2.30. The third-order valence-corrected chi connectivity index (χ3v) is 3.67. The lowest BCUT2D eigenvalue weighted by molar-refractivity contribution is 0.529. The molecule has 0 saturated carbocycles. The summed E-state index contributed by atoms with van der Waals surface area (Å²) < 4.78 is 25.3. The van der Waals surface area contributed by atoms with Crippen molar-refractivity contribution in [1.82, 2.24) is 4.72 Å². The summed E-state index contributed by atoms with van der Waals surface area (Å²) in [5.74, 6) is 1.12. The van der Waals surface area contributed by atoms with Gasteiger partial charge in [-0.2, -0.15) is 0 Å². The predicted molar refractivity (Wildman–Crippen MR) is 61.2 cm³/mol. The number of rotatable bonds is 8. The molecule has 0 heterocycles. The van der Waals surface area contributed by atoms with Gasteiger partial charge in [0, 0.05) is 12.4 Å². The van der Waals surface area contributed by atoms with E-state index in [0.29, 0.717) is 18.3 Å². The molecule has 0 bridgehead atoms. The van der Waals surface area contributed by atoms with E-state index in [0.717, 1.165) is 19.3 Å². The van der Waals surface area contributed by atoms with Crippen molar-refractivity contribution in [3.05, 3.63) is 0 Å². The Labute approximate surface area is 92.3 Å². The van der Waals surface area contributed by atoms with Crippen molar-refractivity contribution >= 4 is 21.6 Å². The zero-order valence-electron chi connectivity index (χ0n) is 8.92. The van der Waals surface area contributed by atoms with Crippen LogP contribution in [0.3, 0.4) is 0 Å². The average Bonchev–Trinajstić information content (AvgIpc) is 2.13. The standard InChI is InChI=1S/C9H20ClNO2S/c1-3-4-7-14(12,13)11-8-9(2)5-6-10/h9,11H,3-8H2,1-2H3. The molecule has 0 aliphatic heterocycles. The number of hydrogen-bond acceptors (Lipinski definition) is 2. The molecule has 0 aliphatic carbocycles. The zero-order chi connectivity index (χ0) is 11.0. The van der Waals surface area contributed by atoms with E-state index in [-0.39, 0.29) is 5.75 Å². The molecule has 86 valence electrons. The molecule has 5 heteroatoms. The Balaban J connectivity index is 3.75. The van der Waals surface area contributed by atoms with Crippen LogP contribution >= 0.6 is 11.6 Å². The van der Waals surface area contributed by atoms with Gasteiger partial charge < -0.3 is 0 Å². The van der Waals surface area contributed by atoms with E-state index < -0.39 is 10.0 Å². The molecule has 1 atom stereocenters.